The van der Waals surface area contributed by atoms with Gasteiger partial charge in [-0.3, -0.25) is 0 Å². The molecular weight excluding hydrogens is 568 g/mol. The van der Waals surface area contributed by atoms with Crippen molar-refractivity contribution >= 4 is 0 Å². The largest absolute Gasteiger partial charge is 0.507 e. The molecule has 4 aromatic carbocycles. The zero-order valence-corrected chi connectivity index (χ0v) is 29.0. The smallest absolute Gasteiger partial charge is 0.131 e. The first-order valence-corrected chi connectivity index (χ1v) is 17.0. The van der Waals surface area contributed by atoms with Gasteiger partial charge in [0.2, 0.25) is 0 Å². The van der Waals surface area contributed by atoms with Crippen LogP contribution in [0, 0.1) is 0 Å². The fraction of sp³-hybridized carbons (Fsp3) is 0.429. The Morgan fingerprint density at radius 1 is 0.500 bits per heavy atom. The van der Waals surface area contributed by atoms with E-state index in [1.807, 2.05) is 12.1 Å². The van der Waals surface area contributed by atoms with Crippen LogP contribution >= 0.6 is 0 Å². The summed E-state index contributed by atoms with van der Waals surface area (Å²) < 4.78 is 11.8. The van der Waals surface area contributed by atoms with Crippen LogP contribution in [0.5, 0.6) is 23.0 Å². The average molecular weight is 619 g/mol. The Bertz CT molecular complexity index is 1670. The molecule has 4 aromatic rings. The topological polar surface area (TPSA) is 58.9 Å². The van der Waals surface area contributed by atoms with E-state index in [4.69, 9.17) is 9.47 Å². The van der Waals surface area contributed by atoms with E-state index in [9.17, 15) is 10.2 Å². The quantitative estimate of drug-likeness (QED) is 0.234. The third-order valence-corrected chi connectivity index (χ3v) is 10.2. The first kappa shape index (κ1) is 32.0. The molecule has 2 aliphatic carbocycles. The normalized spacial score (nSPS) is 14.9. The molecule has 0 atom stereocenters. The Morgan fingerprint density at radius 2 is 0.870 bits per heavy atom. The van der Waals surface area contributed by atoms with Gasteiger partial charge in [0.05, 0.1) is 14.2 Å². The Kier molecular flexibility index (Phi) is 8.38. The van der Waals surface area contributed by atoms with Crippen molar-refractivity contribution in [1.82, 2.24) is 0 Å². The first-order valence-electron chi connectivity index (χ1n) is 17.0. The van der Waals surface area contributed by atoms with Crippen LogP contribution in [0.3, 0.4) is 0 Å². The number of ether oxygens (including phenoxy) is 2. The monoisotopic (exact) mass is 618 g/mol. The van der Waals surface area contributed by atoms with E-state index in [1.54, 1.807) is 14.2 Å². The number of methoxy groups -OCH3 is 2. The molecule has 0 aliphatic heterocycles. The van der Waals surface area contributed by atoms with Gasteiger partial charge in [-0.05, 0) is 132 Å². The highest BCUT2D eigenvalue weighted by atomic mass is 16.5. The number of aromatic hydroxyl groups is 2. The fourth-order valence-electron chi connectivity index (χ4n) is 7.51. The predicted molar refractivity (Wildman–Crippen MR) is 190 cm³/mol. The van der Waals surface area contributed by atoms with Crippen molar-refractivity contribution in [3.63, 3.8) is 0 Å². The number of aryl methyl sites for hydroxylation is 2. The summed E-state index contributed by atoms with van der Waals surface area (Å²) in [6.45, 7) is 13.2. The molecule has 46 heavy (non-hydrogen) atoms. The van der Waals surface area contributed by atoms with Gasteiger partial charge in [0, 0.05) is 33.4 Å². The Morgan fingerprint density at radius 3 is 1.22 bits per heavy atom. The molecule has 0 amide bonds. The molecule has 242 valence electrons. The zero-order valence-electron chi connectivity index (χ0n) is 29.0. The van der Waals surface area contributed by atoms with Gasteiger partial charge in [-0.25, -0.2) is 0 Å². The molecule has 0 bridgehead atoms. The second-order valence-electron chi connectivity index (χ2n) is 15.3. The SMILES string of the molecule is COc1ccc(C(C)(C)C)cc1-c1cc2c(c(-c3c(O)c(-c4cc(C(C)(C)C)ccc4OC)cc4c3CCCC4)c1O)CCCC2. The maximum absolute atomic E-state index is 12.5. The van der Waals surface area contributed by atoms with Gasteiger partial charge in [0.25, 0.3) is 0 Å². The number of phenolic OH excluding ortho intramolecular Hbond substituents is 2. The first-order chi connectivity index (χ1) is 21.8. The lowest BCUT2D eigenvalue weighted by atomic mass is 9.76. The van der Waals surface area contributed by atoms with E-state index in [2.05, 4.69) is 77.9 Å². The fourth-order valence-corrected chi connectivity index (χ4v) is 7.51. The molecule has 0 saturated heterocycles. The van der Waals surface area contributed by atoms with Crippen LogP contribution in [-0.4, -0.2) is 24.4 Å². The number of hydrogen-bond acceptors (Lipinski definition) is 4. The van der Waals surface area contributed by atoms with Crippen LogP contribution in [0.25, 0.3) is 33.4 Å². The summed E-state index contributed by atoms with van der Waals surface area (Å²) in [5.74, 6) is 1.91. The van der Waals surface area contributed by atoms with E-state index < -0.39 is 0 Å². The summed E-state index contributed by atoms with van der Waals surface area (Å²) in [7, 11) is 3.38. The van der Waals surface area contributed by atoms with Crippen LogP contribution in [0.2, 0.25) is 0 Å². The highest BCUT2D eigenvalue weighted by molar-refractivity contribution is 5.95. The number of rotatable bonds is 5. The minimum atomic E-state index is -0.0694. The molecule has 2 N–H and O–H groups in total. The highest BCUT2D eigenvalue weighted by Gasteiger charge is 2.31. The molecule has 2 aliphatic rings. The number of benzene rings is 4. The van der Waals surface area contributed by atoms with E-state index in [0.29, 0.717) is 0 Å². The van der Waals surface area contributed by atoms with E-state index >= 15 is 0 Å². The van der Waals surface area contributed by atoms with Gasteiger partial charge in [-0.2, -0.15) is 0 Å². The Hall–Kier alpha value is -3.92. The zero-order chi connectivity index (χ0) is 33.0. The molecule has 4 heteroatoms. The second kappa shape index (κ2) is 12.0. The van der Waals surface area contributed by atoms with E-state index in [-0.39, 0.29) is 22.3 Å². The summed E-state index contributed by atoms with van der Waals surface area (Å²) in [5.41, 5.74) is 11.9. The lowest BCUT2D eigenvalue weighted by Crippen LogP contribution is -2.12. The molecule has 0 saturated carbocycles. The van der Waals surface area contributed by atoms with Crippen molar-refractivity contribution < 1.29 is 19.7 Å². The second-order valence-corrected chi connectivity index (χ2v) is 15.3. The van der Waals surface area contributed by atoms with Crippen LogP contribution in [-0.2, 0) is 36.5 Å². The molecule has 0 heterocycles. The Balaban J connectivity index is 1.70. The lowest BCUT2D eigenvalue weighted by Gasteiger charge is -2.29. The Labute approximate surface area is 275 Å². The van der Waals surface area contributed by atoms with Gasteiger partial charge in [-0.15, -0.1) is 0 Å². The third-order valence-electron chi connectivity index (χ3n) is 10.2. The van der Waals surface area contributed by atoms with Gasteiger partial charge >= 0.3 is 0 Å². The minimum absolute atomic E-state index is 0.0694. The average Bonchev–Trinajstić information content (AvgIpc) is 3.03. The summed E-state index contributed by atoms with van der Waals surface area (Å²) in [6.07, 6.45) is 7.98. The van der Waals surface area contributed by atoms with Crippen LogP contribution in [0.15, 0.2) is 48.5 Å². The van der Waals surface area contributed by atoms with Crippen LogP contribution in [0.4, 0.5) is 0 Å². The lowest BCUT2D eigenvalue weighted by molar-refractivity contribution is 0.415. The van der Waals surface area contributed by atoms with Crippen molar-refractivity contribution in [3.05, 3.63) is 81.9 Å². The van der Waals surface area contributed by atoms with Crippen molar-refractivity contribution in [1.29, 1.82) is 0 Å². The van der Waals surface area contributed by atoms with Crippen molar-refractivity contribution in [3.8, 4) is 56.4 Å². The van der Waals surface area contributed by atoms with Crippen molar-refractivity contribution in [2.45, 2.75) is 104 Å². The molecule has 0 fully saturated rings. The molecule has 0 unspecified atom stereocenters. The van der Waals surface area contributed by atoms with Gasteiger partial charge < -0.3 is 19.7 Å². The molecule has 4 nitrogen and oxygen atoms in total. The summed E-state index contributed by atoms with van der Waals surface area (Å²) in [5, 5.41) is 25.0. The molecule has 0 spiro atoms. The van der Waals surface area contributed by atoms with Gasteiger partial charge in [-0.1, -0.05) is 53.7 Å². The van der Waals surface area contributed by atoms with Crippen LogP contribution in [0.1, 0.15) is 101 Å². The summed E-state index contributed by atoms with van der Waals surface area (Å²) >= 11 is 0. The van der Waals surface area contributed by atoms with Crippen LogP contribution < -0.4 is 9.47 Å². The number of phenols is 2. The summed E-state index contributed by atoms with van der Waals surface area (Å²) in [6, 6.07) is 17.0. The highest BCUT2D eigenvalue weighted by Crippen LogP contribution is 2.54. The predicted octanol–water partition coefficient (Wildman–Crippen LogP) is 10.5. The molecule has 0 radical (unpaired) electrons. The number of fused-ring (bicyclic) bond motifs is 2. The maximum atomic E-state index is 12.5. The summed E-state index contributed by atoms with van der Waals surface area (Å²) in [4.78, 5) is 0. The maximum Gasteiger partial charge on any atom is 0.131 e. The van der Waals surface area contributed by atoms with Crippen molar-refractivity contribution in [2.24, 2.45) is 0 Å². The number of hydrogen-bond donors (Lipinski definition) is 2. The molecular formula is C42H50O4. The van der Waals surface area contributed by atoms with Gasteiger partial charge in [0.1, 0.15) is 23.0 Å². The molecule has 6 rings (SSSR count). The van der Waals surface area contributed by atoms with Crippen molar-refractivity contribution in [2.75, 3.05) is 14.2 Å². The third kappa shape index (κ3) is 5.65. The standard InChI is InChI=1S/C42H50O4/c1-41(2,3)27-17-19-35(45-7)31(23-27)33-21-25-13-9-11-15-29(25)37(39(33)43)38-30-16-12-10-14-26(30)22-34(40(38)44)32-24-28(42(4,5)6)18-20-36(32)46-8/h17-24,43-44H,9-16H2,1-8H3. The van der Waals surface area contributed by atoms with Gasteiger partial charge in [0.15, 0.2) is 0 Å². The molecule has 0 aromatic heterocycles. The minimum Gasteiger partial charge on any atom is -0.507 e. The van der Waals surface area contributed by atoms with E-state index in [0.717, 1.165) is 107 Å². The van der Waals surface area contributed by atoms with E-state index in [1.165, 1.54) is 22.3 Å².